The van der Waals surface area contributed by atoms with Crippen LogP contribution in [0.25, 0.3) is 11.8 Å². The molecule has 0 atom stereocenters. The minimum atomic E-state index is -0.560. The Labute approximate surface area is 172 Å². The van der Waals surface area contributed by atoms with Crippen LogP contribution in [0.3, 0.4) is 0 Å². The van der Waals surface area contributed by atoms with Crippen molar-refractivity contribution in [3.8, 4) is 17.2 Å². The van der Waals surface area contributed by atoms with E-state index < -0.39 is 11.9 Å². The molecule has 0 aliphatic carbocycles. The zero-order chi connectivity index (χ0) is 20.9. The Hall–Kier alpha value is -4.07. The lowest BCUT2D eigenvalue weighted by Crippen LogP contribution is -2.16. The maximum Gasteiger partial charge on any atom is 0.343 e. The predicted octanol–water partition coefficient (Wildman–Crippen LogP) is 3.43. The summed E-state index contributed by atoms with van der Waals surface area (Å²) in [6.45, 7) is 2.11. The number of para-hydroxylation sites is 1. The number of ether oxygens (including phenoxy) is 3. The molecule has 1 aliphatic rings. The Morgan fingerprint density at radius 1 is 1.17 bits per heavy atom. The quantitative estimate of drug-likeness (QED) is 0.499. The lowest BCUT2D eigenvalue weighted by Gasteiger charge is -2.10. The van der Waals surface area contributed by atoms with Crippen molar-refractivity contribution in [3.63, 3.8) is 0 Å². The average molecular weight is 405 g/mol. The molecule has 1 aromatic heterocycles. The molecule has 30 heavy (non-hydrogen) atoms. The Kier molecular flexibility index (Phi) is 5.47. The first kappa shape index (κ1) is 19.3. The summed E-state index contributed by atoms with van der Waals surface area (Å²) in [6.07, 6.45) is 4.39. The number of rotatable bonds is 6. The molecule has 0 saturated heterocycles. The number of nitrogens with one attached hydrogen (secondary N) is 1. The Morgan fingerprint density at radius 2 is 1.97 bits per heavy atom. The molecule has 152 valence electrons. The van der Waals surface area contributed by atoms with E-state index in [0.29, 0.717) is 17.2 Å². The van der Waals surface area contributed by atoms with E-state index in [2.05, 4.69) is 10.4 Å². The van der Waals surface area contributed by atoms with Gasteiger partial charge in [-0.25, -0.2) is 9.48 Å². The average Bonchev–Trinajstić information content (AvgIpc) is 3.39. The fourth-order valence-electron chi connectivity index (χ4n) is 2.94. The molecule has 3 aromatic rings. The molecule has 1 amide bonds. The van der Waals surface area contributed by atoms with Gasteiger partial charge in [-0.15, -0.1) is 0 Å². The number of benzene rings is 2. The highest BCUT2D eigenvalue weighted by molar-refractivity contribution is 6.05. The largest absolute Gasteiger partial charge is 0.462 e. The molecule has 8 nitrogen and oxygen atoms in total. The van der Waals surface area contributed by atoms with E-state index in [1.807, 2.05) is 36.4 Å². The molecule has 0 bridgehead atoms. The maximum absolute atomic E-state index is 12.6. The van der Waals surface area contributed by atoms with Gasteiger partial charge in [0.15, 0.2) is 17.3 Å². The van der Waals surface area contributed by atoms with Crippen molar-refractivity contribution in [2.24, 2.45) is 0 Å². The van der Waals surface area contributed by atoms with Crippen LogP contribution in [-0.4, -0.2) is 35.1 Å². The van der Waals surface area contributed by atoms with Gasteiger partial charge >= 0.3 is 5.97 Å². The molecule has 0 fully saturated rings. The number of hydrogen-bond donors (Lipinski definition) is 1. The van der Waals surface area contributed by atoms with Crippen LogP contribution in [0.15, 0.2) is 60.8 Å². The third-order valence-electron chi connectivity index (χ3n) is 4.33. The molecule has 0 saturated carbocycles. The summed E-state index contributed by atoms with van der Waals surface area (Å²) in [5.74, 6) is 0.553. The number of fused-ring (bicyclic) bond motifs is 1. The number of amides is 1. The summed E-state index contributed by atoms with van der Waals surface area (Å²) < 4.78 is 17.2. The molecule has 2 aromatic carbocycles. The van der Waals surface area contributed by atoms with Crippen LogP contribution < -0.4 is 14.8 Å². The van der Waals surface area contributed by atoms with Crippen LogP contribution in [0.1, 0.15) is 22.8 Å². The number of carbonyl (C=O) groups excluding carboxylic acids is 2. The highest BCUT2D eigenvalue weighted by Crippen LogP contribution is 2.32. The van der Waals surface area contributed by atoms with Gasteiger partial charge in [0.2, 0.25) is 12.7 Å². The van der Waals surface area contributed by atoms with Crippen molar-refractivity contribution in [2.45, 2.75) is 6.92 Å². The lowest BCUT2D eigenvalue weighted by molar-refractivity contribution is -0.111. The third-order valence-corrected chi connectivity index (χ3v) is 4.33. The number of anilines is 1. The van der Waals surface area contributed by atoms with Gasteiger partial charge in [0.25, 0.3) is 0 Å². The number of nitrogens with zero attached hydrogens (tertiary/aromatic N) is 2. The maximum atomic E-state index is 12.6. The molecular formula is C22H19N3O5. The van der Waals surface area contributed by atoms with E-state index in [9.17, 15) is 9.59 Å². The van der Waals surface area contributed by atoms with Crippen LogP contribution >= 0.6 is 0 Å². The monoisotopic (exact) mass is 405 g/mol. The molecule has 4 rings (SSSR count). The zero-order valence-corrected chi connectivity index (χ0v) is 16.2. The molecule has 8 heteroatoms. The topological polar surface area (TPSA) is 91.7 Å². The molecule has 0 radical (unpaired) electrons. The van der Waals surface area contributed by atoms with E-state index in [4.69, 9.17) is 14.2 Å². The van der Waals surface area contributed by atoms with Gasteiger partial charge in [-0.3, -0.25) is 4.79 Å². The SMILES string of the molecule is CCOC(=O)c1cnn(-c2ccccc2)c1NC(=O)C=Cc1ccc2c(c1)OCO2. The Morgan fingerprint density at radius 3 is 2.77 bits per heavy atom. The lowest BCUT2D eigenvalue weighted by atomic mass is 10.2. The number of hydrogen-bond acceptors (Lipinski definition) is 6. The standard InChI is InChI=1S/C22H19N3O5/c1-2-28-22(27)17-13-23-25(16-6-4-3-5-7-16)21(17)24-20(26)11-9-15-8-10-18-19(12-15)30-14-29-18/h3-13H,2,14H2,1H3,(H,24,26). The van der Waals surface area contributed by atoms with Crippen LogP contribution in [0.4, 0.5) is 5.82 Å². The predicted molar refractivity (Wildman–Crippen MR) is 110 cm³/mol. The first-order valence-electron chi connectivity index (χ1n) is 9.35. The number of carbonyl (C=O) groups is 2. The summed E-state index contributed by atoms with van der Waals surface area (Å²) in [5.41, 5.74) is 1.64. The van der Waals surface area contributed by atoms with Crippen LogP contribution in [0.2, 0.25) is 0 Å². The fraction of sp³-hybridized carbons (Fsp3) is 0.136. The van der Waals surface area contributed by atoms with Gasteiger partial charge in [-0.1, -0.05) is 24.3 Å². The molecule has 0 spiro atoms. The minimum Gasteiger partial charge on any atom is -0.462 e. The van der Waals surface area contributed by atoms with E-state index in [1.165, 1.54) is 17.0 Å². The normalized spacial score (nSPS) is 12.2. The summed E-state index contributed by atoms with van der Waals surface area (Å²) in [6, 6.07) is 14.6. The highest BCUT2D eigenvalue weighted by atomic mass is 16.7. The van der Waals surface area contributed by atoms with Gasteiger partial charge in [-0.05, 0) is 42.8 Å². The van der Waals surface area contributed by atoms with Crippen molar-refractivity contribution in [1.29, 1.82) is 0 Å². The van der Waals surface area contributed by atoms with Gasteiger partial charge in [-0.2, -0.15) is 5.10 Å². The van der Waals surface area contributed by atoms with Crippen molar-refractivity contribution >= 4 is 23.8 Å². The second kappa shape index (κ2) is 8.52. The Balaban J connectivity index is 1.58. The minimum absolute atomic E-state index is 0.172. The van der Waals surface area contributed by atoms with Crippen molar-refractivity contribution < 1.29 is 23.8 Å². The summed E-state index contributed by atoms with van der Waals surface area (Å²) in [7, 11) is 0. The molecule has 1 aliphatic heterocycles. The number of esters is 1. The van der Waals surface area contributed by atoms with E-state index in [1.54, 1.807) is 25.1 Å². The second-order valence-electron chi connectivity index (χ2n) is 6.31. The van der Waals surface area contributed by atoms with E-state index in [0.717, 1.165) is 5.56 Å². The molecule has 0 unspecified atom stereocenters. The fourth-order valence-corrected chi connectivity index (χ4v) is 2.94. The summed E-state index contributed by atoms with van der Waals surface area (Å²) in [5, 5.41) is 6.98. The molecular weight excluding hydrogens is 386 g/mol. The van der Waals surface area contributed by atoms with Crippen LogP contribution in [0, 0.1) is 0 Å². The van der Waals surface area contributed by atoms with Gasteiger partial charge in [0, 0.05) is 6.08 Å². The van der Waals surface area contributed by atoms with E-state index in [-0.39, 0.29) is 24.8 Å². The molecule has 2 heterocycles. The first-order valence-corrected chi connectivity index (χ1v) is 9.35. The van der Waals surface area contributed by atoms with E-state index >= 15 is 0 Å². The van der Waals surface area contributed by atoms with Crippen molar-refractivity contribution in [2.75, 3.05) is 18.7 Å². The van der Waals surface area contributed by atoms with Crippen LogP contribution in [0.5, 0.6) is 11.5 Å². The van der Waals surface area contributed by atoms with Gasteiger partial charge < -0.3 is 19.5 Å². The van der Waals surface area contributed by atoms with Gasteiger partial charge in [0.1, 0.15) is 5.56 Å². The molecule has 1 N–H and O–H groups in total. The van der Waals surface area contributed by atoms with Gasteiger partial charge in [0.05, 0.1) is 18.5 Å². The van der Waals surface area contributed by atoms with Crippen LogP contribution in [-0.2, 0) is 9.53 Å². The van der Waals surface area contributed by atoms with Crippen molar-refractivity contribution in [1.82, 2.24) is 9.78 Å². The number of aromatic nitrogens is 2. The highest BCUT2D eigenvalue weighted by Gasteiger charge is 2.21. The smallest absolute Gasteiger partial charge is 0.343 e. The zero-order valence-electron chi connectivity index (χ0n) is 16.2. The van der Waals surface area contributed by atoms with Crippen molar-refractivity contribution in [3.05, 3.63) is 71.9 Å². The third kappa shape index (κ3) is 4.02. The second-order valence-corrected chi connectivity index (χ2v) is 6.31. The Bertz CT molecular complexity index is 1110. The summed E-state index contributed by atoms with van der Waals surface area (Å²) in [4.78, 5) is 24.9. The first-order chi connectivity index (χ1) is 14.7. The summed E-state index contributed by atoms with van der Waals surface area (Å²) >= 11 is 0.